The van der Waals surface area contributed by atoms with Gasteiger partial charge in [0.05, 0.1) is 10.7 Å². The quantitative estimate of drug-likeness (QED) is 0.893. The zero-order chi connectivity index (χ0) is 15.6. The molecule has 0 aromatic carbocycles. The van der Waals surface area contributed by atoms with E-state index in [1.54, 1.807) is 11.3 Å². The molecule has 1 aliphatic carbocycles. The lowest BCUT2D eigenvalue weighted by Crippen LogP contribution is -2.39. The van der Waals surface area contributed by atoms with Gasteiger partial charge in [0.2, 0.25) is 0 Å². The van der Waals surface area contributed by atoms with Crippen LogP contribution in [0.15, 0.2) is 5.38 Å². The van der Waals surface area contributed by atoms with Gasteiger partial charge in [0, 0.05) is 18.0 Å². The van der Waals surface area contributed by atoms with Gasteiger partial charge in [-0.15, -0.1) is 11.3 Å². The minimum absolute atomic E-state index is 0.562. The standard InChI is InChI=1S/C18H31N3S/c1-14-20-17(13-22-14)12-21-8-5-15(6-9-21)11-19-16-4-7-18(2,3)10-16/h13,15-16,19H,4-12H2,1-3H3. The third kappa shape index (κ3) is 4.53. The van der Waals surface area contributed by atoms with E-state index in [4.69, 9.17) is 0 Å². The highest BCUT2D eigenvalue weighted by Gasteiger charge is 2.31. The molecule has 1 aromatic heterocycles. The summed E-state index contributed by atoms with van der Waals surface area (Å²) in [6, 6.07) is 0.769. The molecule has 22 heavy (non-hydrogen) atoms. The molecular weight excluding hydrogens is 290 g/mol. The van der Waals surface area contributed by atoms with Gasteiger partial charge in [-0.1, -0.05) is 13.8 Å². The van der Waals surface area contributed by atoms with Crippen molar-refractivity contribution >= 4 is 11.3 Å². The lowest BCUT2D eigenvalue weighted by atomic mass is 9.91. The second kappa shape index (κ2) is 6.98. The summed E-state index contributed by atoms with van der Waals surface area (Å²) in [6.45, 7) is 11.7. The molecule has 1 saturated carbocycles. The van der Waals surface area contributed by atoms with Crippen molar-refractivity contribution in [1.82, 2.24) is 15.2 Å². The summed E-state index contributed by atoms with van der Waals surface area (Å²) < 4.78 is 0. The van der Waals surface area contributed by atoms with Crippen LogP contribution in [0.1, 0.15) is 56.7 Å². The third-order valence-electron chi connectivity index (χ3n) is 5.42. The van der Waals surface area contributed by atoms with Crippen molar-refractivity contribution in [2.45, 2.75) is 65.5 Å². The predicted octanol–water partition coefficient (Wildman–Crippen LogP) is 3.83. The van der Waals surface area contributed by atoms with E-state index in [1.807, 2.05) is 0 Å². The molecule has 3 rings (SSSR count). The molecule has 0 bridgehead atoms. The lowest BCUT2D eigenvalue weighted by molar-refractivity contribution is 0.171. The van der Waals surface area contributed by atoms with E-state index in [0.29, 0.717) is 5.41 Å². The van der Waals surface area contributed by atoms with E-state index in [9.17, 15) is 0 Å². The van der Waals surface area contributed by atoms with E-state index in [-0.39, 0.29) is 0 Å². The van der Waals surface area contributed by atoms with Crippen molar-refractivity contribution in [3.63, 3.8) is 0 Å². The molecule has 0 radical (unpaired) electrons. The topological polar surface area (TPSA) is 28.2 Å². The van der Waals surface area contributed by atoms with Gasteiger partial charge >= 0.3 is 0 Å². The van der Waals surface area contributed by atoms with Crippen molar-refractivity contribution in [2.75, 3.05) is 19.6 Å². The Bertz CT molecular complexity index is 474. The highest BCUT2D eigenvalue weighted by molar-refractivity contribution is 7.09. The molecule has 2 aliphatic rings. The van der Waals surface area contributed by atoms with Crippen molar-refractivity contribution in [3.8, 4) is 0 Å². The Kier molecular flexibility index (Phi) is 5.20. The third-order valence-corrected chi connectivity index (χ3v) is 6.25. The maximum absolute atomic E-state index is 4.59. The maximum Gasteiger partial charge on any atom is 0.0897 e. The molecule has 3 nitrogen and oxygen atoms in total. The van der Waals surface area contributed by atoms with Crippen LogP contribution in [0.2, 0.25) is 0 Å². The molecule has 1 unspecified atom stereocenters. The number of hydrogen-bond acceptors (Lipinski definition) is 4. The number of nitrogens with one attached hydrogen (secondary N) is 1. The van der Waals surface area contributed by atoms with Crippen LogP contribution in [0.25, 0.3) is 0 Å². The van der Waals surface area contributed by atoms with Crippen molar-refractivity contribution < 1.29 is 0 Å². The first-order valence-corrected chi connectivity index (χ1v) is 9.75. The molecule has 0 amide bonds. The molecule has 1 aromatic rings. The number of likely N-dealkylation sites (tertiary alicyclic amines) is 1. The minimum Gasteiger partial charge on any atom is -0.314 e. The first-order chi connectivity index (χ1) is 10.5. The number of thiazole rings is 1. The Morgan fingerprint density at radius 2 is 2.09 bits per heavy atom. The van der Waals surface area contributed by atoms with Crippen LogP contribution in [-0.4, -0.2) is 35.6 Å². The number of nitrogens with zero attached hydrogens (tertiary/aromatic N) is 2. The van der Waals surface area contributed by atoms with E-state index in [2.05, 4.69) is 41.4 Å². The van der Waals surface area contributed by atoms with Gasteiger partial charge in [0.15, 0.2) is 0 Å². The number of rotatable bonds is 5. The van der Waals surface area contributed by atoms with Crippen molar-refractivity contribution in [3.05, 3.63) is 16.1 Å². The highest BCUT2D eigenvalue weighted by Crippen LogP contribution is 2.37. The van der Waals surface area contributed by atoms with Crippen LogP contribution in [-0.2, 0) is 6.54 Å². The fraction of sp³-hybridized carbons (Fsp3) is 0.833. The smallest absolute Gasteiger partial charge is 0.0897 e. The van der Waals surface area contributed by atoms with Crippen molar-refractivity contribution in [1.29, 1.82) is 0 Å². The van der Waals surface area contributed by atoms with Crippen LogP contribution < -0.4 is 5.32 Å². The van der Waals surface area contributed by atoms with E-state index >= 15 is 0 Å². The van der Waals surface area contributed by atoms with Gasteiger partial charge in [-0.25, -0.2) is 4.98 Å². The fourth-order valence-corrected chi connectivity index (χ4v) is 4.61. The monoisotopic (exact) mass is 321 g/mol. The van der Waals surface area contributed by atoms with Gasteiger partial charge < -0.3 is 5.32 Å². The van der Waals surface area contributed by atoms with Crippen LogP contribution >= 0.6 is 11.3 Å². The second-order valence-electron chi connectivity index (χ2n) is 8.09. The molecular formula is C18H31N3S. The predicted molar refractivity (Wildman–Crippen MR) is 94.3 cm³/mol. The highest BCUT2D eigenvalue weighted by atomic mass is 32.1. The molecule has 1 N–H and O–H groups in total. The molecule has 1 saturated heterocycles. The molecule has 2 fully saturated rings. The summed E-state index contributed by atoms with van der Waals surface area (Å²) in [5.41, 5.74) is 1.82. The Morgan fingerprint density at radius 3 is 2.68 bits per heavy atom. The summed E-state index contributed by atoms with van der Waals surface area (Å²) in [5.74, 6) is 0.872. The van der Waals surface area contributed by atoms with Crippen LogP contribution in [0.5, 0.6) is 0 Å². The number of hydrogen-bond donors (Lipinski definition) is 1. The zero-order valence-electron chi connectivity index (χ0n) is 14.4. The molecule has 2 heterocycles. The zero-order valence-corrected chi connectivity index (χ0v) is 15.2. The van der Waals surface area contributed by atoms with Gasteiger partial charge in [-0.05, 0) is 70.0 Å². The average Bonchev–Trinajstić information content (AvgIpc) is 3.04. The maximum atomic E-state index is 4.59. The summed E-state index contributed by atoms with van der Waals surface area (Å²) in [4.78, 5) is 7.16. The van der Waals surface area contributed by atoms with E-state index < -0.39 is 0 Å². The van der Waals surface area contributed by atoms with Gasteiger partial charge in [-0.3, -0.25) is 4.90 Å². The average molecular weight is 322 g/mol. The van der Waals surface area contributed by atoms with Gasteiger partial charge in [0.1, 0.15) is 0 Å². The number of aromatic nitrogens is 1. The first-order valence-electron chi connectivity index (χ1n) is 8.87. The molecule has 4 heteroatoms. The van der Waals surface area contributed by atoms with Crippen molar-refractivity contribution in [2.24, 2.45) is 11.3 Å². The van der Waals surface area contributed by atoms with E-state index in [0.717, 1.165) is 18.5 Å². The summed E-state index contributed by atoms with van der Waals surface area (Å²) in [7, 11) is 0. The molecule has 1 atom stereocenters. The van der Waals surface area contributed by atoms with Crippen LogP contribution in [0.3, 0.4) is 0 Å². The Labute approximate surface area is 139 Å². The Balaban J connectivity index is 1.35. The molecule has 124 valence electrons. The summed E-state index contributed by atoms with van der Waals surface area (Å²) in [6.07, 6.45) is 6.79. The van der Waals surface area contributed by atoms with E-state index in [1.165, 1.54) is 62.4 Å². The lowest BCUT2D eigenvalue weighted by Gasteiger charge is -2.32. The normalized spacial score (nSPS) is 26.6. The minimum atomic E-state index is 0.562. The fourth-order valence-electron chi connectivity index (χ4n) is 4.00. The second-order valence-corrected chi connectivity index (χ2v) is 9.15. The van der Waals surface area contributed by atoms with Gasteiger partial charge in [0.25, 0.3) is 0 Å². The summed E-state index contributed by atoms with van der Waals surface area (Å²) >= 11 is 1.77. The number of aryl methyl sites for hydroxylation is 1. The largest absolute Gasteiger partial charge is 0.314 e. The molecule has 1 aliphatic heterocycles. The SMILES string of the molecule is Cc1nc(CN2CCC(CNC3CCC(C)(C)C3)CC2)cs1. The molecule has 0 spiro atoms. The van der Waals surface area contributed by atoms with Crippen LogP contribution in [0, 0.1) is 18.3 Å². The van der Waals surface area contributed by atoms with Crippen LogP contribution in [0.4, 0.5) is 0 Å². The number of piperidine rings is 1. The Morgan fingerprint density at radius 1 is 1.32 bits per heavy atom. The first kappa shape index (κ1) is 16.4. The van der Waals surface area contributed by atoms with Gasteiger partial charge in [-0.2, -0.15) is 0 Å². The Hall–Kier alpha value is -0.450. The summed E-state index contributed by atoms with van der Waals surface area (Å²) in [5, 5.41) is 7.25.